The molecule has 1 heterocycles. The van der Waals surface area contributed by atoms with E-state index in [4.69, 9.17) is 9.97 Å². The van der Waals surface area contributed by atoms with Gasteiger partial charge in [-0.05, 0) is 62.3 Å². The summed E-state index contributed by atoms with van der Waals surface area (Å²) in [6.07, 6.45) is 6.33. The van der Waals surface area contributed by atoms with Crippen LogP contribution in [0.25, 0.3) is 0 Å². The van der Waals surface area contributed by atoms with Crippen LogP contribution in [0.2, 0.25) is 0 Å². The van der Waals surface area contributed by atoms with Crippen molar-refractivity contribution in [2.45, 2.75) is 69.9 Å². The third kappa shape index (κ3) is 4.19. The van der Waals surface area contributed by atoms with Crippen LogP contribution >= 0.6 is 11.8 Å². The largest absolute Gasteiger partial charge is 0.314 e. The fourth-order valence-electron chi connectivity index (χ4n) is 3.02. The van der Waals surface area contributed by atoms with E-state index in [2.05, 4.69) is 26.1 Å². The first-order valence-electron chi connectivity index (χ1n) is 8.32. The third-order valence-electron chi connectivity index (χ3n) is 4.45. The number of rotatable bonds is 6. The van der Waals surface area contributed by atoms with Gasteiger partial charge in [0.15, 0.2) is 0 Å². The maximum Gasteiger partial charge on any atom is 0.138 e. The van der Waals surface area contributed by atoms with Gasteiger partial charge in [-0.15, -0.1) is 0 Å². The highest BCUT2D eigenvalue weighted by Crippen LogP contribution is 2.28. The molecule has 2 aliphatic rings. The molecule has 1 atom stereocenters. The molecule has 0 bridgehead atoms. The van der Waals surface area contributed by atoms with Crippen LogP contribution in [0.4, 0.5) is 0 Å². The zero-order valence-electron chi connectivity index (χ0n) is 13.5. The van der Waals surface area contributed by atoms with Gasteiger partial charge in [0.2, 0.25) is 0 Å². The van der Waals surface area contributed by atoms with E-state index in [1.807, 2.05) is 11.8 Å². The molecular weight excluding hydrogens is 278 g/mol. The first kappa shape index (κ1) is 15.3. The molecule has 0 aliphatic heterocycles. The van der Waals surface area contributed by atoms with Crippen LogP contribution in [0.3, 0.4) is 0 Å². The van der Waals surface area contributed by atoms with Crippen LogP contribution in [0, 0.1) is 12.8 Å². The van der Waals surface area contributed by atoms with Gasteiger partial charge >= 0.3 is 0 Å². The summed E-state index contributed by atoms with van der Waals surface area (Å²) in [5.41, 5.74) is 3.97. The Morgan fingerprint density at radius 3 is 2.76 bits per heavy atom. The normalized spacial score (nSPS) is 21.6. The van der Waals surface area contributed by atoms with Crippen molar-refractivity contribution in [3.8, 4) is 0 Å². The molecule has 4 heteroatoms. The molecule has 1 saturated carbocycles. The van der Waals surface area contributed by atoms with E-state index in [-0.39, 0.29) is 0 Å². The van der Waals surface area contributed by atoms with Crippen LogP contribution in [-0.2, 0) is 18.6 Å². The minimum atomic E-state index is 0.641. The Morgan fingerprint density at radius 2 is 2.05 bits per heavy atom. The first-order chi connectivity index (χ1) is 10.1. The third-order valence-corrected chi connectivity index (χ3v) is 5.54. The number of aryl methyl sites for hydroxylation is 2. The number of nitrogens with zero attached hydrogens (tertiary/aromatic N) is 2. The fourth-order valence-corrected chi connectivity index (χ4v) is 3.63. The van der Waals surface area contributed by atoms with E-state index >= 15 is 0 Å². The lowest BCUT2D eigenvalue weighted by Gasteiger charge is -2.25. The lowest BCUT2D eigenvalue weighted by molar-refractivity contribution is 0.416. The number of hydrogen-bond donors (Lipinski definition) is 1. The quantitative estimate of drug-likeness (QED) is 0.875. The summed E-state index contributed by atoms with van der Waals surface area (Å²) in [7, 11) is 0. The summed E-state index contributed by atoms with van der Waals surface area (Å²) < 4.78 is 0. The smallest absolute Gasteiger partial charge is 0.138 e. The van der Waals surface area contributed by atoms with Crippen molar-refractivity contribution in [1.29, 1.82) is 0 Å². The second-order valence-electron chi connectivity index (χ2n) is 6.80. The predicted octanol–water partition coefficient (Wildman–Crippen LogP) is 3.28. The molecule has 1 fully saturated rings. The minimum Gasteiger partial charge on any atom is -0.314 e. The Hall–Kier alpha value is -0.610. The SMILES string of the molecule is Cc1nc(CSC(C)C)nc2c1CC(CNC1CC1)CC2. The summed E-state index contributed by atoms with van der Waals surface area (Å²) in [6.45, 7) is 7.80. The Balaban J connectivity index is 1.64. The molecule has 0 spiro atoms. The summed E-state index contributed by atoms with van der Waals surface area (Å²) in [5.74, 6) is 2.74. The number of aromatic nitrogens is 2. The topological polar surface area (TPSA) is 37.8 Å². The zero-order valence-corrected chi connectivity index (χ0v) is 14.3. The highest BCUT2D eigenvalue weighted by atomic mass is 32.2. The molecule has 21 heavy (non-hydrogen) atoms. The summed E-state index contributed by atoms with van der Waals surface area (Å²) in [5, 5.41) is 4.32. The lowest BCUT2D eigenvalue weighted by Crippen LogP contribution is -2.29. The van der Waals surface area contributed by atoms with Crippen molar-refractivity contribution in [2.75, 3.05) is 6.54 Å². The average molecular weight is 305 g/mol. The monoisotopic (exact) mass is 305 g/mol. The van der Waals surface area contributed by atoms with Crippen molar-refractivity contribution < 1.29 is 0 Å². The van der Waals surface area contributed by atoms with Crippen LogP contribution in [-0.4, -0.2) is 27.8 Å². The van der Waals surface area contributed by atoms with Gasteiger partial charge in [0.25, 0.3) is 0 Å². The molecule has 0 aromatic carbocycles. The number of hydrogen-bond acceptors (Lipinski definition) is 4. The number of fused-ring (bicyclic) bond motifs is 1. The first-order valence-corrected chi connectivity index (χ1v) is 9.37. The van der Waals surface area contributed by atoms with Crippen molar-refractivity contribution in [3.63, 3.8) is 0 Å². The molecule has 1 N–H and O–H groups in total. The molecule has 1 unspecified atom stereocenters. The second-order valence-corrected chi connectivity index (χ2v) is 8.37. The highest BCUT2D eigenvalue weighted by Gasteiger charge is 2.26. The van der Waals surface area contributed by atoms with E-state index < -0.39 is 0 Å². The van der Waals surface area contributed by atoms with E-state index in [0.29, 0.717) is 5.25 Å². The maximum atomic E-state index is 4.84. The molecule has 2 aliphatic carbocycles. The highest BCUT2D eigenvalue weighted by molar-refractivity contribution is 7.99. The van der Waals surface area contributed by atoms with Gasteiger partial charge in [0, 0.05) is 17.4 Å². The molecule has 0 amide bonds. The second kappa shape index (κ2) is 6.66. The zero-order chi connectivity index (χ0) is 14.8. The van der Waals surface area contributed by atoms with Crippen molar-refractivity contribution in [1.82, 2.24) is 15.3 Å². The number of nitrogens with one attached hydrogen (secondary N) is 1. The van der Waals surface area contributed by atoms with E-state index in [1.54, 1.807) is 0 Å². The van der Waals surface area contributed by atoms with Crippen LogP contribution in [0.15, 0.2) is 0 Å². The standard InChI is InChI=1S/C17H27N3S/c1-11(2)21-10-17-19-12(3)15-8-13(4-7-16(15)20-17)9-18-14-5-6-14/h11,13-14,18H,4-10H2,1-3H3. The Morgan fingerprint density at radius 1 is 1.24 bits per heavy atom. The van der Waals surface area contributed by atoms with E-state index in [9.17, 15) is 0 Å². The molecule has 116 valence electrons. The maximum absolute atomic E-state index is 4.84. The lowest BCUT2D eigenvalue weighted by atomic mass is 9.85. The molecule has 3 rings (SSSR count). The average Bonchev–Trinajstić information content (AvgIpc) is 3.27. The van der Waals surface area contributed by atoms with Gasteiger partial charge in [0.1, 0.15) is 5.82 Å². The van der Waals surface area contributed by atoms with Gasteiger partial charge < -0.3 is 5.32 Å². The Labute approximate surface area is 132 Å². The summed E-state index contributed by atoms with van der Waals surface area (Å²) in [6, 6.07) is 0.819. The van der Waals surface area contributed by atoms with Gasteiger partial charge in [-0.1, -0.05) is 13.8 Å². The van der Waals surface area contributed by atoms with Gasteiger partial charge in [-0.25, -0.2) is 9.97 Å². The van der Waals surface area contributed by atoms with Crippen LogP contribution in [0.1, 0.15) is 55.9 Å². The molecule has 1 aromatic heterocycles. The fraction of sp³-hybridized carbons (Fsp3) is 0.765. The van der Waals surface area contributed by atoms with E-state index in [0.717, 1.165) is 30.0 Å². The van der Waals surface area contributed by atoms with Crippen molar-refractivity contribution in [3.05, 3.63) is 22.8 Å². The van der Waals surface area contributed by atoms with Crippen LogP contribution < -0.4 is 5.32 Å². The van der Waals surface area contributed by atoms with Gasteiger partial charge in [-0.3, -0.25) is 0 Å². The molecule has 3 nitrogen and oxygen atoms in total. The summed E-state index contributed by atoms with van der Waals surface area (Å²) >= 11 is 1.93. The minimum absolute atomic E-state index is 0.641. The van der Waals surface area contributed by atoms with Crippen molar-refractivity contribution in [2.24, 2.45) is 5.92 Å². The molecule has 0 saturated heterocycles. The predicted molar refractivity (Wildman–Crippen MR) is 89.7 cm³/mol. The number of thioether (sulfide) groups is 1. The summed E-state index contributed by atoms with van der Waals surface area (Å²) in [4.78, 5) is 9.58. The van der Waals surface area contributed by atoms with Crippen LogP contribution in [0.5, 0.6) is 0 Å². The van der Waals surface area contributed by atoms with Gasteiger partial charge in [-0.2, -0.15) is 11.8 Å². The molecule has 0 radical (unpaired) electrons. The molecule has 1 aromatic rings. The Bertz CT molecular complexity index is 497. The Kier molecular flexibility index (Phi) is 4.85. The van der Waals surface area contributed by atoms with Crippen molar-refractivity contribution >= 4 is 11.8 Å². The molecular formula is C17H27N3S. The van der Waals surface area contributed by atoms with Gasteiger partial charge in [0.05, 0.1) is 5.75 Å². The van der Waals surface area contributed by atoms with E-state index in [1.165, 1.54) is 49.2 Å².